The third kappa shape index (κ3) is 3.79. The van der Waals surface area contributed by atoms with Crippen LogP contribution in [0.5, 0.6) is 11.5 Å². The summed E-state index contributed by atoms with van der Waals surface area (Å²) in [6.07, 6.45) is 3.37. The van der Waals surface area contributed by atoms with Crippen molar-refractivity contribution in [1.82, 2.24) is 0 Å². The highest BCUT2D eigenvalue weighted by Gasteiger charge is 2.18. The molecule has 0 amide bonds. The molecule has 0 unspecified atom stereocenters. The Morgan fingerprint density at radius 2 is 2.09 bits per heavy atom. The highest BCUT2D eigenvalue weighted by Crippen LogP contribution is 2.38. The average molecular weight is 391 g/mol. The fraction of sp³-hybridized carbons (Fsp3) is 0.167. The van der Waals surface area contributed by atoms with Crippen LogP contribution in [0, 0.1) is 0 Å². The predicted octanol–water partition coefficient (Wildman–Crippen LogP) is 4.84. The number of allylic oxidation sites excluding steroid dienone is 1. The molecule has 0 saturated carbocycles. The summed E-state index contributed by atoms with van der Waals surface area (Å²) in [5, 5.41) is 0. The van der Waals surface area contributed by atoms with Crippen molar-refractivity contribution >= 4 is 39.6 Å². The number of hydrogen-bond donors (Lipinski definition) is 0. The van der Waals surface area contributed by atoms with E-state index >= 15 is 0 Å². The van der Waals surface area contributed by atoms with Crippen molar-refractivity contribution in [2.75, 3.05) is 19.5 Å². The second-order valence-electron chi connectivity index (χ2n) is 4.95. The number of hydrogen-bond acceptors (Lipinski definition) is 4. The van der Waals surface area contributed by atoms with Crippen molar-refractivity contribution in [2.24, 2.45) is 0 Å². The van der Waals surface area contributed by atoms with Gasteiger partial charge in [0, 0.05) is 16.3 Å². The molecule has 0 aliphatic carbocycles. The number of ether oxygens (including phenoxy) is 2. The van der Waals surface area contributed by atoms with Crippen molar-refractivity contribution in [3.8, 4) is 11.5 Å². The standard InChI is InChI=1S/C18H15BrO3S/c1-21-16-11-17-18(23-9-8-22-17)10-14(16)15(20)7-4-12-2-5-13(19)6-3-12/h2-7,10-11H,8-9H2,1H3/b7-4+. The smallest absolute Gasteiger partial charge is 0.189 e. The van der Waals surface area contributed by atoms with E-state index in [-0.39, 0.29) is 5.78 Å². The molecule has 1 heterocycles. The molecule has 0 spiro atoms. The van der Waals surface area contributed by atoms with Crippen LogP contribution in [0.1, 0.15) is 15.9 Å². The molecule has 0 aromatic heterocycles. The molecular formula is C18H15BrO3S. The lowest BCUT2D eigenvalue weighted by molar-refractivity contribution is 0.104. The van der Waals surface area contributed by atoms with E-state index in [4.69, 9.17) is 9.47 Å². The number of fused-ring (bicyclic) bond motifs is 1. The molecule has 2 aromatic carbocycles. The van der Waals surface area contributed by atoms with E-state index in [1.54, 1.807) is 37.1 Å². The summed E-state index contributed by atoms with van der Waals surface area (Å²) in [5.41, 5.74) is 1.52. The predicted molar refractivity (Wildman–Crippen MR) is 96.7 cm³/mol. The summed E-state index contributed by atoms with van der Waals surface area (Å²) in [6.45, 7) is 0.678. The first-order valence-corrected chi connectivity index (χ1v) is 8.91. The monoisotopic (exact) mass is 390 g/mol. The lowest BCUT2D eigenvalue weighted by Crippen LogP contribution is -2.08. The molecule has 2 aromatic rings. The number of carbonyl (C=O) groups excluding carboxylic acids is 1. The van der Waals surface area contributed by atoms with E-state index < -0.39 is 0 Å². The Balaban J connectivity index is 1.87. The fourth-order valence-corrected chi connectivity index (χ4v) is 3.38. The first kappa shape index (κ1) is 16.1. The molecule has 0 radical (unpaired) electrons. The normalized spacial score (nSPS) is 13.5. The lowest BCUT2D eigenvalue weighted by Gasteiger charge is -2.18. The van der Waals surface area contributed by atoms with Gasteiger partial charge in [0.25, 0.3) is 0 Å². The Hall–Kier alpha value is -1.72. The fourth-order valence-electron chi connectivity index (χ4n) is 2.27. The molecule has 0 atom stereocenters. The molecule has 23 heavy (non-hydrogen) atoms. The summed E-state index contributed by atoms with van der Waals surface area (Å²) >= 11 is 5.09. The molecule has 0 N–H and O–H groups in total. The van der Waals surface area contributed by atoms with Gasteiger partial charge in [0.05, 0.1) is 24.2 Å². The Labute approximate surface area is 147 Å². The van der Waals surface area contributed by atoms with Gasteiger partial charge in [-0.2, -0.15) is 0 Å². The van der Waals surface area contributed by atoms with Crippen LogP contribution in [0.3, 0.4) is 0 Å². The van der Waals surface area contributed by atoms with Gasteiger partial charge in [-0.3, -0.25) is 4.79 Å². The minimum atomic E-state index is -0.0845. The molecule has 5 heteroatoms. The zero-order valence-corrected chi connectivity index (χ0v) is 14.9. The molecule has 118 valence electrons. The molecule has 0 bridgehead atoms. The number of thioether (sulfide) groups is 1. The second kappa shape index (κ2) is 7.23. The zero-order valence-electron chi connectivity index (χ0n) is 12.5. The van der Waals surface area contributed by atoms with Crippen LogP contribution in [0.2, 0.25) is 0 Å². The lowest BCUT2D eigenvalue weighted by atomic mass is 10.1. The maximum atomic E-state index is 12.5. The third-order valence-electron chi connectivity index (χ3n) is 3.43. The van der Waals surface area contributed by atoms with Gasteiger partial charge in [-0.15, -0.1) is 11.8 Å². The van der Waals surface area contributed by atoms with E-state index in [1.165, 1.54) is 0 Å². The summed E-state index contributed by atoms with van der Waals surface area (Å²) in [7, 11) is 1.56. The van der Waals surface area contributed by atoms with Crippen LogP contribution in [0.25, 0.3) is 6.08 Å². The van der Waals surface area contributed by atoms with Gasteiger partial charge in [-0.25, -0.2) is 0 Å². The molecule has 3 rings (SSSR count). The number of ketones is 1. The van der Waals surface area contributed by atoms with E-state index in [0.29, 0.717) is 17.9 Å². The van der Waals surface area contributed by atoms with Gasteiger partial charge in [0.1, 0.15) is 11.5 Å². The van der Waals surface area contributed by atoms with Crippen molar-refractivity contribution in [2.45, 2.75) is 4.90 Å². The minimum Gasteiger partial charge on any atom is -0.496 e. The second-order valence-corrected chi connectivity index (χ2v) is 7.00. The number of methoxy groups -OCH3 is 1. The maximum absolute atomic E-state index is 12.5. The van der Waals surface area contributed by atoms with Gasteiger partial charge >= 0.3 is 0 Å². The van der Waals surface area contributed by atoms with E-state index in [1.807, 2.05) is 30.3 Å². The number of carbonyl (C=O) groups is 1. The first-order chi connectivity index (χ1) is 11.2. The van der Waals surface area contributed by atoms with Crippen LogP contribution >= 0.6 is 27.7 Å². The highest BCUT2D eigenvalue weighted by molar-refractivity contribution is 9.10. The van der Waals surface area contributed by atoms with Crippen molar-refractivity contribution < 1.29 is 14.3 Å². The molecule has 1 aliphatic rings. The van der Waals surface area contributed by atoms with Crippen LogP contribution in [0.15, 0.2) is 51.8 Å². The number of rotatable bonds is 4. The minimum absolute atomic E-state index is 0.0845. The Morgan fingerprint density at radius 1 is 1.30 bits per heavy atom. The van der Waals surface area contributed by atoms with Gasteiger partial charge in [0.2, 0.25) is 0 Å². The molecule has 0 fully saturated rings. The average Bonchev–Trinajstić information content (AvgIpc) is 2.59. The van der Waals surface area contributed by atoms with E-state index in [0.717, 1.165) is 26.4 Å². The molecular weight excluding hydrogens is 376 g/mol. The Bertz CT molecular complexity index is 754. The Morgan fingerprint density at radius 3 is 2.83 bits per heavy atom. The Kier molecular flexibility index (Phi) is 5.08. The van der Waals surface area contributed by atoms with E-state index in [9.17, 15) is 4.79 Å². The molecule has 0 saturated heterocycles. The first-order valence-electron chi connectivity index (χ1n) is 7.13. The number of benzene rings is 2. The largest absolute Gasteiger partial charge is 0.496 e. The highest BCUT2D eigenvalue weighted by atomic mass is 79.9. The summed E-state index contributed by atoms with van der Waals surface area (Å²) in [6, 6.07) is 11.4. The van der Waals surface area contributed by atoms with Crippen molar-refractivity contribution in [3.63, 3.8) is 0 Å². The summed E-state index contributed by atoms with van der Waals surface area (Å²) in [4.78, 5) is 13.5. The van der Waals surface area contributed by atoms with Crippen LogP contribution in [0.4, 0.5) is 0 Å². The SMILES string of the molecule is COc1cc2c(cc1C(=O)/C=C/c1ccc(Br)cc1)SCCO2. The van der Waals surface area contributed by atoms with Crippen LogP contribution in [-0.4, -0.2) is 25.3 Å². The quantitative estimate of drug-likeness (QED) is 0.552. The van der Waals surface area contributed by atoms with Crippen molar-refractivity contribution in [1.29, 1.82) is 0 Å². The third-order valence-corrected chi connectivity index (χ3v) is 4.96. The maximum Gasteiger partial charge on any atom is 0.189 e. The van der Waals surface area contributed by atoms with Crippen LogP contribution in [-0.2, 0) is 0 Å². The zero-order chi connectivity index (χ0) is 16.2. The van der Waals surface area contributed by atoms with Crippen molar-refractivity contribution in [3.05, 3.63) is 58.1 Å². The van der Waals surface area contributed by atoms with Gasteiger partial charge in [0.15, 0.2) is 5.78 Å². The van der Waals surface area contributed by atoms with E-state index in [2.05, 4.69) is 15.9 Å². The summed E-state index contributed by atoms with van der Waals surface area (Å²) in [5.74, 6) is 2.13. The summed E-state index contributed by atoms with van der Waals surface area (Å²) < 4.78 is 12.0. The molecule has 1 aliphatic heterocycles. The molecule has 3 nitrogen and oxygen atoms in total. The number of halogens is 1. The van der Waals surface area contributed by atoms with Gasteiger partial charge in [-0.05, 0) is 29.8 Å². The van der Waals surface area contributed by atoms with Gasteiger partial charge < -0.3 is 9.47 Å². The van der Waals surface area contributed by atoms with Crippen LogP contribution < -0.4 is 9.47 Å². The van der Waals surface area contributed by atoms with Gasteiger partial charge in [-0.1, -0.05) is 34.1 Å². The topological polar surface area (TPSA) is 35.5 Å².